The second-order valence-corrected chi connectivity index (χ2v) is 4.05. The highest BCUT2D eigenvalue weighted by atomic mass is 15.1. The summed E-state index contributed by atoms with van der Waals surface area (Å²) < 4.78 is 0. The Hall–Kier alpha value is -2.29. The van der Waals surface area contributed by atoms with Gasteiger partial charge < -0.3 is 11.1 Å². The van der Waals surface area contributed by atoms with Crippen molar-refractivity contribution < 1.29 is 0 Å². The largest absolute Gasteiger partial charge is 0.370 e. The Bertz CT molecular complexity index is 532. The van der Waals surface area contributed by atoms with E-state index >= 15 is 0 Å². The molecule has 18 heavy (non-hydrogen) atoms. The van der Waals surface area contributed by atoms with Gasteiger partial charge in [-0.1, -0.05) is 48.5 Å². The number of hydrogen-bond acceptors (Lipinski definition) is 1. The minimum atomic E-state index is 0.426. The van der Waals surface area contributed by atoms with Crippen molar-refractivity contribution in [3.63, 3.8) is 0 Å². The summed E-state index contributed by atoms with van der Waals surface area (Å²) in [6.45, 7) is 0. The molecular weight excluding hydrogens is 222 g/mol. The highest BCUT2D eigenvalue weighted by Crippen LogP contribution is 2.18. The Morgan fingerprint density at radius 3 is 2.44 bits per heavy atom. The first-order valence-corrected chi connectivity index (χ1v) is 5.90. The van der Waals surface area contributed by atoms with E-state index in [1.807, 2.05) is 36.4 Å². The number of nitrogens with two attached hydrogens (primary N) is 1. The van der Waals surface area contributed by atoms with Crippen molar-refractivity contribution in [2.24, 2.45) is 10.7 Å². The van der Waals surface area contributed by atoms with Crippen molar-refractivity contribution in [3.05, 3.63) is 65.7 Å². The van der Waals surface area contributed by atoms with E-state index in [2.05, 4.69) is 28.5 Å². The molecule has 3 heteroatoms. The Morgan fingerprint density at radius 1 is 1.06 bits per heavy atom. The summed E-state index contributed by atoms with van der Waals surface area (Å²) in [4.78, 5) is 3.92. The molecule has 0 saturated carbocycles. The Kier molecular flexibility index (Phi) is 3.97. The summed E-state index contributed by atoms with van der Waals surface area (Å²) in [5.41, 5.74) is 9.19. The molecule has 0 aliphatic carbocycles. The van der Waals surface area contributed by atoms with Crippen LogP contribution in [-0.4, -0.2) is 13.0 Å². The van der Waals surface area contributed by atoms with Gasteiger partial charge in [-0.05, 0) is 23.6 Å². The summed E-state index contributed by atoms with van der Waals surface area (Å²) in [6.07, 6.45) is 0.876. The van der Waals surface area contributed by atoms with Crippen LogP contribution in [0.4, 0.5) is 5.69 Å². The van der Waals surface area contributed by atoms with E-state index in [4.69, 9.17) is 5.73 Å². The van der Waals surface area contributed by atoms with Crippen molar-refractivity contribution >= 4 is 11.6 Å². The van der Waals surface area contributed by atoms with Crippen molar-refractivity contribution in [1.82, 2.24) is 0 Å². The van der Waals surface area contributed by atoms with Crippen LogP contribution in [0.1, 0.15) is 11.1 Å². The lowest BCUT2D eigenvalue weighted by atomic mass is 10.0. The molecule has 92 valence electrons. The number of nitrogens with one attached hydrogen (secondary N) is 1. The van der Waals surface area contributed by atoms with Crippen LogP contribution in [0.5, 0.6) is 0 Å². The average molecular weight is 239 g/mol. The number of aliphatic imine (C=N–C) groups is 1. The lowest BCUT2D eigenvalue weighted by Crippen LogP contribution is -2.22. The zero-order valence-corrected chi connectivity index (χ0v) is 10.4. The first-order chi connectivity index (χ1) is 8.79. The highest BCUT2D eigenvalue weighted by Gasteiger charge is 2.03. The molecule has 3 N–H and O–H groups in total. The number of rotatable bonds is 3. The van der Waals surface area contributed by atoms with Crippen LogP contribution in [-0.2, 0) is 6.42 Å². The monoisotopic (exact) mass is 239 g/mol. The Labute approximate surface area is 107 Å². The van der Waals surface area contributed by atoms with Crippen LogP contribution in [0.3, 0.4) is 0 Å². The van der Waals surface area contributed by atoms with Crippen LogP contribution >= 0.6 is 0 Å². The van der Waals surface area contributed by atoms with Gasteiger partial charge in [0.25, 0.3) is 0 Å². The molecule has 2 aromatic carbocycles. The molecule has 0 bridgehead atoms. The topological polar surface area (TPSA) is 50.4 Å². The number of anilines is 1. The normalized spacial score (nSPS) is 11.3. The maximum absolute atomic E-state index is 5.71. The smallest absolute Gasteiger partial charge is 0.192 e. The van der Waals surface area contributed by atoms with Crippen LogP contribution < -0.4 is 11.1 Å². The first-order valence-electron chi connectivity index (χ1n) is 5.90. The molecule has 0 saturated heterocycles. The second kappa shape index (κ2) is 5.87. The molecule has 0 radical (unpaired) electrons. The standard InChI is InChI=1S/C15H17N3/c1-17-15(16)18-14-10-6-5-9-13(14)11-12-7-3-2-4-8-12/h2-10H,11H2,1H3,(H3,16,17,18). The number of hydrogen-bond donors (Lipinski definition) is 2. The van der Waals surface area contributed by atoms with E-state index in [9.17, 15) is 0 Å². The molecule has 2 rings (SSSR count). The zero-order chi connectivity index (χ0) is 12.8. The fraction of sp³-hybridized carbons (Fsp3) is 0.133. The third-order valence-corrected chi connectivity index (χ3v) is 2.76. The van der Waals surface area contributed by atoms with Gasteiger partial charge in [-0.3, -0.25) is 4.99 Å². The lowest BCUT2D eigenvalue weighted by Gasteiger charge is -2.11. The summed E-state index contributed by atoms with van der Waals surface area (Å²) in [7, 11) is 1.67. The fourth-order valence-corrected chi connectivity index (χ4v) is 1.81. The molecule has 2 aromatic rings. The summed E-state index contributed by atoms with van der Waals surface area (Å²) in [6, 6.07) is 18.5. The molecule has 0 fully saturated rings. The number of nitrogens with zero attached hydrogens (tertiary/aromatic N) is 1. The highest BCUT2D eigenvalue weighted by molar-refractivity contribution is 5.92. The molecule has 3 nitrogen and oxygen atoms in total. The number of guanidine groups is 1. The van der Waals surface area contributed by atoms with E-state index in [1.54, 1.807) is 7.05 Å². The Morgan fingerprint density at radius 2 is 1.72 bits per heavy atom. The van der Waals surface area contributed by atoms with Gasteiger partial charge in [0.1, 0.15) is 0 Å². The third-order valence-electron chi connectivity index (χ3n) is 2.76. The molecule has 0 heterocycles. The van der Waals surface area contributed by atoms with Crippen molar-refractivity contribution in [2.75, 3.05) is 12.4 Å². The van der Waals surface area contributed by atoms with Crippen LogP contribution in [0, 0.1) is 0 Å². The van der Waals surface area contributed by atoms with Crippen LogP contribution in [0.15, 0.2) is 59.6 Å². The zero-order valence-electron chi connectivity index (χ0n) is 10.4. The van der Waals surface area contributed by atoms with Crippen LogP contribution in [0.2, 0.25) is 0 Å². The van der Waals surface area contributed by atoms with Gasteiger partial charge in [-0.25, -0.2) is 0 Å². The molecule has 0 aliphatic rings. The van der Waals surface area contributed by atoms with E-state index in [0.717, 1.165) is 12.1 Å². The predicted molar refractivity (Wildman–Crippen MR) is 76.9 cm³/mol. The van der Waals surface area contributed by atoms with E-state index < -0.39 is 0 Å². The summed E-state index contributed by atoms with van der Waals surface area (Å²) in [5, 5.41) is 3.11. The van der Waals surface area contributed by atoms with Gasteiger partial charge in [-0.2, -0.15) is 0 Å². The number of para-hydroxylation sites is 1. The molecule has 0 spiro atoms. The van der Waals surface area contributed by atoms with Gasteiger partial charge in [0.2, 0.25) is 0 Å². The van der Waals surface area contributed by atoms with Gasteiger partial charge in [0, 0.05) is 12.7 Å². The van der Waals surface area contributed by atoms with Crippen LogP contribution in [0.25, 0.3) is 0 Å². The lowest BCUT2D eigenvalue weighted by molar-refractivity contribution is 1.19. The quantitative estimate of drug-likeness (QED) is 0.639. The van der Waals surface area contributed by atoms with E-state index in [-0.39, 0.29) is 0 Å². The van der Waals surface area contributed by atoms with Crippen molar-refractivity contribution in [1.29, 1.82) is 0 Å². The molecule has 0 aromatic heterocycles. The molecule has 0 amide bonds. The molecule has 0 atom stereocenters. The first kappa shape index (κ1) is 12.2. The van der Waals surface area contributed by atoms with E-state index in [1.165, 1.54) is 11.1 Å². The molecule has 0 unspecified atom stereocenters. The SMILES string of the molecule is CN=C(N)Nc1ccccc1Cc1ccccc1. The van der Waals surface area contributed by atoms with Crippen molar-refractivity contribution in [2.45, 2.75) is 6.42 Å². The van der Waals surface area contributed by atoms with Crippen molar-refractivity contribution in [3.8, 4) is 0 Å². The fourth-order valence-electron chi connectivity index (χ4n) is 1.81. The summed E-state index contributed by atoms with van der Waals surface area (Å²) in [5.74, 6) is 0.426. The van der Waals surface area contributed by atoms with E-state index in [0.29, 0.717) is 5.96 Å². The predicted octanol–water partition coefficient (Wildman–Crippen LogP) is 2.63. The molecular formula is C15H17N3. The molecule has 0 aliphatic heterocycles. The van der Waals surface area contributed by atoms with Gasteiger partial charge in [0.15, 0.2) is 5.96 Å². The summed E-state index contributed by atoms with van der Waals surface area (Å²) >= 11 is 0. The number of benzene rings is 2. The maximum atomic E-state index is 5.71. The average Bonchev–Trinajstić information content (AvgIpc) is 2.42. The Balaban J connectivity index is 2.23. The third kappa shape index (κ3) is 3.10. The van der Waals surface area contributed by atoms with Gasteiger partial charge >= 0.3 is 0 Å². The minimum absolute atomic E-state index is 0.426. The minimum Gasteiger partial charge on any atom is -0.370 e. The van der Waals surface area contributed by atoms with Gasteiger partial charge in [-0.15, -0.1) is 0 Å². The second-order valence-electron chi connectivity index (χ2n) is 4.05. The maximum Gasteiger partial charge on any atom is 0.192 e. The van der Waals surface area contributed by atoms with Gasteiger partial charge in [0.05, 0.1) is 0 Å².